The molecule has 0 aromatic heterocycles. The number of piperidine rings is 1. The van der Waals surface area contributed by atoms with E-state index in [2.05, 4.69) is 24.9 Å². The Morgan fingerprint density at radius 1 is 1.33 bits per heavy atom. The lowest BCUT2D eigenvalue weighted by atomic mass is 9.83. The molecule has 3 heteroatoms. The monoisotopic (exact) mass is 248 g/mol. The third-order valence-corrected chi connectivity index (χ3v) is 4.23. The maximum atomic E-state index is 8.85. The first-order valence-electron chi connectivity index (χ1n) is 7.13. The number of nitrogens with one attached hydrogen (secondary N) is 1. The van der Waals surface area contributed by atoms with Gasteiger partial charge in [-0.15, -0.1) is 0 Å². The van der Waals surface area contributed by atoms with Crippen LogP contribution in [0.25, 0.3) is 0 Å². The molecule has 1 aliphatic carbocycles. The fraction of sp³-hybridized carbons (Fsp3) is 0.800. The Hall–Kier alpha value is -0.850. The van der Waals surface area contributed by atoms with E-state index in [0.717, 1.165) is 25.8 Å². The Balaban J connectivity index is 1.76. The van der Waals surface area contributed by atoms with Gasteiger partial charge in [0.2, 0.25) is 0 Å². The number of hydrogen-bond donors (Lipinski definition) is 1. The van der Waals surface area contributed by atoms with Crippen molar-refractivity contribution in [1.29, 1.82) is 5.26 Å². The standard InChI is InChI=1S/C15H24N2O/c1-11(2)13-4-3-5-14(8-13)18-15-7-6-12(9-16)10-17-15/h12-15,17H,1,3-8,10H2,2H3. The van der Waals surface area contributed by atoms with Gasteiger partial charge < -0.3 is 4.74 Å². The molecule has 1 saturated heterocycles. The van der Waals surface area contributed by atoms with Crippen molar-refractivity contribution in [2.45, 2.75) is 57.8 Å². The molecule has 0 amide bonds. The number of hydrogen-bond acceptors (Lipinski definition) is 3. The van der Waals surface area contributed by atoms with Crippen molar-refractivity contribution < 1.29 is 4.74 Å². The van der Waals surface area contributed by atoms with Gasteiger partial charge in [0.05, 0.1) is 18.1 Å². The quantitative estimate of drug-likeness (QED) is 0.781. The highest BCUT2D eigenvalue weighted by atomic mass is 16.5. The summed E-state index contributed by atoms with van der Waals surface area (Å²) in [6.07, 6.45) is 7.26. The first-order valence-corrected chi connectivity index (χ1v) is 7.13. The van der Waals surface area contributed by atoms with Gasteiger partial charge in [0, 0.05) is 6.54 Å². The Labute approximate surface area is 110 Å². The van der Waals surface area contributed by atoms with Crippen LogP contribution in [-0.2, 0) is 4.74 Å². The molecule has 2 fully saturated rings. The molecular formula is C15H24N2O. The lowest BCUT2D eigenvalue weighted by molar-refractivity contribution is -0.0657. The second-order valence-electron chi connectivity index (χ2n) is 5.77. The molecule has 0 aromatic carbocycles. The first kappa shape index (κ1) is 13.6. The molecule has 0 spiro atoms. The Morgan fingerprint density at radius 3 is 2.78 bits per heavy atom. The van der Waals surface area contributed by atoms with E-state index in [4.69, 9.17) is 10.00 Å². The summed E-state index contributed by atoms with van der Waals surface area (Å²) in [5, 5.41) is 12.2. The number of rotatable bonds is 3. The Kier molecular flexibility index (Phi) is 4.79. The molecule has 2 aliphatic rings. The van der Waals surface area contributed by atoms with Crippen molar-refractivity contribution in [3.05, 3.63) is 12.2 Å². The average Bonchev–Trinajstić information content (AvgIpc) is 2.40. The minimum Gasteiger partial charge on any atom is -0.360 e. The predicted molar refractivity (Wildman–Crippen MR) is 71.8 cm³/mol. The summed E-state index contributed by atoms with van der Waals surface area (Å²) in [6.45, 7) is 6.98. The van der Waals surface area contributed by atoms with Crippen LogP contribution >= 0.6 is 0 Å². The summed E-state index contributed by atoms with van der Waals surface area (Å²) >= 11 is 0. The van der Waals surface area contributed by atoms with Crippen LogP contribution in [0.2, 0.25) is 0 Å². The maximum Gasteiger partial charge on any atom is 0.108 e. The summed E-state index contributed by atoms with van der Waals surface area (Å²) in [7, 11) is 0. The fourth-order valence-electron chi connectivity index (χ4n) is 3.01. The van der Waals surface area contributed by atoms with Gasteiger partial charge in [-0.05, 0) is 44.9 Å². The van der Waals surface area contributed by atoms with Crippen molar-refractivity contribution in [2.24, 2.45) is 11.8 Å². The highest BCUT2D eigenvalue weighted by Crippen LogP contribution is 2.31. The van der Waals surface area contributed by atoms with Gasteiger partial charge in [0.15, 0.2) is 0 Å². The van der Waals surface area contributed by atoms with Gasteiger partial charge >= 0.3 is 0 Å². The molecule has 0 bridgehead atoms. The zero-order chi connectivity index (χ0) is 13.0. The van der Waals surface area contributed by atoms with E-state index in [9.17, 15) is 0 Å². The highest BCUT2D eigenvalue weighted by Gasteiger charge is 2.27. The second-order valence-corrected chi connectivity index (χ2v) is 5.77. The number of allylic oxidation sites excluding steroid dienone is 1. The van der Waals surface area contributed by atoms with Crippen molar-refractivity contribution in [3.8, 4) is 6.07 Å². The predicted octanol–water partition coefficient (Wildman–Crippen LogP) is 2.99. The molecular weight excluding hydrogens is 224 g/mol. The third kappa shape index (κ3) is 3.57. The topological polar surface area (TPSA) is 45.0 Å². The van der Waals surface area contributed by atoms with Crippen molar-refractivity contribution in [1.82, 2.24) is 5.32 Å². The van der Waals surface area contributed by atoms with Gasteiger partial charge in [-0.1, -0.05) is 18.6 Å². The van der Waals surface area contributed by atoms with Crippen LogP contribution in [0, 0.1) is 23.2 Å². The lowest BCUT2D eigenvalue weighted by Crippen LogP contribution is -2.43. The summed E-state index contributed by atoms with van der Waals surface area (Å²) in [5.41, 5.74) is 1.30. The zero-order valence-corrected chi connectivity index (χ0v) is 11.3. The molecule has 4 unspecified atom stereocenters. The summed E-state index contributed by atoms with van der Waals surface area (Å²) in [4.78, 5) is 0. The van der Waals surface area contributed by atoms with E-state index in [1.54, 1.807) is 0 Å². The van der Waals surface area contributed by atoms with Crippen LogP contribution in [0.5, 0.6) is 0 Å². The summed E-state index contributed by atoms with van der Waals surface area (Å²) < 4.78 is 6.14. The molecule has 1 heterocycles. The average molecular weight is 248 g/mol. The van der Waals surface area contributed by atoms with E-state index < -0.39 is 0 Å². The number of nitriles is 1. The highest BCUT2D eigenvalue weighted by molar-refractivity contribution is 4.99. The smallest absolute Gasteiger partial charge is 0.108 e. The lowest BCUT2D eigenvalue weighted by Gasteiger charge is -2.34. The second kappa shape index (κ2) is 6.36. The van der Waals surface area contributed by atoms with E-state index in [0.29, 0.717) is 12.0 Å². The third-order valence-electron chi connectivity index (χ3n) is 4.23. The molecule has 0 aromatic rings. The molecule has 1 saturated carbocycles. The molecule has 3 nitrogen and oxygen atoms in total. The Morgan fingerprint density at radius 2 is 2.17 bits per heavy atom. The number of nitrogens with zero attached hydrogens (tertiary/aromatic N) is 1. The largest absolute Gasteiger partial charge is 0.360 e. The zero-order valence-electron chi connectivity index (χ0n) is 11.3. The van der Waals surface area contributed by atoms with Gasteiger partial charge in [0.25, 0.3) is 0 Å². The SMILES string of the molecule is C=C(C)C1CCCC(OC2CCC(C#N)CN2)C1. The van der Waals surface area contributed by atoms with Crippen LogP contribution in [-0.4, -0.2) is 18.9 Å². The molecule has 2 rings (SSSR count). The van der Waals surface area contributed by atoms with E-state index in [1.165, 1.54) is 24.8 Å². The van der Waals surface area contributed by atoms with E-state index >= 15 is 0 Å². The molecule has 18 heavy (non-hydrogen) atoms. The van der Waals surface area contributed by atoms with Gasteiger partial charge in [-0.3, -0.25) is 5.32 Å². The van der Waals surface area contributed by atoms with Gasteiger partial charge in [-0.2, -0.15) is 5.26 Å². The van der Waals surface area contributed by atoms with Gasteiger partial charge in [0.1, 0.15) is 6.23 Å². The molecule has 4 atom stereocenters. The minimum atomic E-state index is 0.156. The Bertz CT molecular complexity index is 326. The molecule has 1 aliphatic heterocycles. The number of ether oxygens (including phenoxy) is 1. The van der Waals surface area contributed by atoms with Crippen LogP contribution < -0.4 is 5.32 Å². The van der Waals surface area contributed by atoms with Crippen LogP contribution in [0.3, 0.4) is 0 Å². The van der Waals surface area contributed by atoms with Crippen molar-refractivity contribution >= 4 is 0 Å². The normalized spacial score (nSPS) is 36.9. The molecule has 100 valence electrons. The molecule has 1 N–H and O–H groups in total. The van der Waals surface area contributed by atoms with E-state index in [-0.39, 0.29) is 12.1 Å². The summed E-state index contributed by atoms with van der Waals surface area (Å²) in [5.74, 6) is 0.804. The summed E-state index contributed by atoms with van der Waals surface area (Å²) in [6, 6.07) is 2.32. The van der Waals surface area contributed by atoms with Gasteiger partial charge in [-0.25, -0.2) is 0 Å². The van der Waals surface area contributed by atoms with Crippen LogP contribution in [0.4, 0.5) is 0 Å². The first-order chi connectivity index (χ1) is 8.69. The molecule has 0 radical (unpaired) electrons. The fourth-order valence-corrected chi connectivity index (χ4v) is 3.01. The minimum absolute atomic E-state index is 0.156. The van der Waals surface area contributed by atoms with Crippen LogP contribution in [0.1, 0.15) is 45.4 Å². The van der Waals surface area contributed by atoms with E-state index in [1.807, 2.05) is 0 Å². The van der Waals surface area contributed by atoms with Crippen molar-refractivity contribution in [2.75, 3.05) is 6.54 Å². The maximum absolute atomic E-state index is 8.85. The van der Waals surface area contributed by atoms with Crippen LogP contribution in [0.15, 0.2) is 12.2 Å². The van der Waals surface area contributed by atoms with Crippen molar-refractivity contribution in [3.63, 3.8) is 0 Å².